The molecule has 1 fully saturated rings. The van der Waals surface area contributed by atoms with Gasteiger partial charge in [0.25, 0.3) is 5.91 Å². The number of fused-ring (bicyclic) bond motifs is 1. The van der Waals surface area contributed by atoms with Crippen LogP contribution in [0.3, 0.4) is 0 Å². The number of hydrogen-bond donors (Lipinski definition) is 1. The molecule has 2 aliphatic rings. The van der Waals surface area contributed by atoms with E-state index in [9.17, 15) is 4.79 Å². The van der Waals surface area contributed by atoms with Crippen LogP contribution in [-0.4, -0.2) is 37.0 Å². The van der Waals surface area contributed by atoms with Gasteiger partial charge in [-0.2, -0.15) is 0 Å². The van der Waals surface area contributed by atoms with Crippen molar-refractivity contribution in [3.63, 3.8) is 0 Å². The fourth-order valence-corrected chi connectivity index (χ4v) is 2.54. The first-order valence-corrected chi connectivity index (χ1v) is 6.54. The number of rotatable bonds is 1. The summed E-state index contributed by atoms with van der Waals surface area (Å²) >= 11 is 0. The molecule has 18 heavy (non-hydrogen) atoms. The van der Waals surface area contributed by atoms with Gasteiger partial charge in [-0.15, -0.1) is 0 Å². The smallest absolute Gasteiger partial charge is 0.253 e. The highest BCUT2D eigenvalue weighted by Crippen LogP contribution is 2.21. The zero-order chi connectivity index (χ0) is 12.4. The fourth-order valence-electron chi connectivity index (χ4n) is 2.54. The van der Waals surface area contributed by atoms with Crippen LogP contribution >= 0.6 is 0 Å². The lowest BCUT2D eigenvalue weighted by Crippen LogP contribution is -2.34. The fraction of sp³-hybridized carbons (Fsp3) is 0.500. The highest BCUT2D eigenvalue weighted by Gasteiger charge is 2.19. The Labute approximate surface area is 107 Å². The van der Waals surface area contributed by atoms with Crippen molar-refractivity contribution >= 4 is 5.91 Å². The Morgan fingerprint density at radius 2 is 2.06 bits per heavy atom. The molecule has 1 aromatic carbocycles. The summed E-state index contributed by atoms with van der Waals surface area (Å²) in [6, 6.07) is 5.93. The lowest BCUT2D eigenvalue weighted by Gasteiger charge is -2.20. The molecular formula is C14H18N2O2. The second kappa shape index (κ2) is 5.08. The first kappa shape index (κ1) is 11.7. The van der Waals surface area contributed by atoms with Crippen LogP contribution in [0, 0.1) is 0 Å². The van der Waals surface area contributed by atoms with Gasteiger partial charge in [-0.3, -0.25) is 4.79 Å². The molecule has 0 bridgehead atoms. The van der Waals surface area contributed by atoms with Crippen molar-refractivity contribution in [2.24, 2.45) is 0 Å². The Hall–Kier alpha value is -1.39. The molecule has 3 rings (SSSR count). The van der Waals surface area contributed by atoms with Gasteiger partial charge in [0.05, 0.1) is 13.2 Å². The van der Waals surface area contributed by atoms with Gasteiger partial charge in [-0.1, -0.05) is 6.07 Å². The highest BCUT2D eigenvalue weighted by molar-refractivity contribution is 5.94. The lowest BCUT2D eigenvalue weighted by atomic mass is 10.1. The van der Waals surface area contributed by atoms with Crippen LogP contribution in [0.1, 0.15) is 27.9 Å². The first-order valence-electron chi connectivity index (χ1n) is 6.54. The molecule has 96 valence electrons. The van der Waals surface area contributed by atoms with E-state index in [-0.39, 0.29) is 5.91 Å². The standard InChI is InChI=1S/C14H18N2O2/c17-14(16-6-1-4-15-5-7-16)11-2-3-12-9-18-10-13(12)8-11/h2-3,8,15H,1,4-7,9-10H2. The van der Waals surface area contributed by atoms with E-state index >= 15 is 0 Å². The van der Waals surface area contributed by atoms with E-state index in [1.54, 1.807) is 0 Å². The number of nitrogens with one attached hydrogen (secondary N) is 1. The SMILES string of the molecule is O=C(c1ccc2c(c1)COC2)N1CCCNCC1. The molecule has 1 amide bonds. The number of carbonyl (C=O) groups excluding carboxylic acids is 1. The van der Waals surface area contributed by atoms with Gasteiger partial charge < -0.3 is 15.0 Å². The summed E-state index contributed by atoms with van der Waals surface area (Å²) in [5.74, 6) is 0.147. The van der Waals surface area contributed by atoms with Crippen molar-refractivity contribution in [2.45, 2.75) is 19.6 Å². The minimum Gasteiger partial charge on any atom is -0.372 e. The molecule has 4 nitrogen and oxygen atoms in total. The van der Waals surface area contributed by atoms with E-state index in [1.807, 2.05) is 23.1 Å². The molecule has 0 aliphatic carbocycles. The van der Waals surface area contributed by atoms with Crippen molar-refractivity contribution < 1.29 is 9.53 Å². The average molecular weight is 246 g/mol. The summed E-state index contributed by atoms with van der Waals surface area (Å²) in [5, 5.41) is 3.31. The van der Waals surface area contributed by atoms with Gasteiger partial charge in [0.15, 0.2) is 0 Å². The van der Waals surface area contributed by atoms with Crippen LogP contribution in [0.4, 0.5) is 0 Å². The normalized spacial score (nSPS) is 19.4. The molecule has 1 N–H and O–H groups in total. The van der Waals surface area contributed by atoms with Crippen LogP contribution in [0.25, 0.3) is 0 Å². The second-order valence-electron chi connectivity index (χ2n) is 4.87. The zero-order valence-corrected chi connectivity index (χ0v) is 10.4. The lowest BCUT2D eigenvalue weighted by molar-refractivity contribution is 0.0766. The summed E-state index contributed by atoms with van der Waals surface area (Å²) in [6.45, 7) is 4.85. The molecule has 0 atom stereocenters. The number of nitrogens with zero attached hydrogens (tertiary/aromatic N) is 1. The molecule has 1 saturated heterocycles. The van der Waals surface area contributed by atoms with Gasteiger partial charge in [0.1, 0.15) is 0 Å². The largest absolute Gasteiger partial charge is 0.372 e. The topological polar surface area (TPSA) is 41.6 Å². The Morgan fingerprint density at radius 1 is 1.17 bits per heavy atom. The third-order valence-electron chi connectivity index (χ3n) is 3.60. The van der Waals surface area contributed by atoms with E-state index in [0.717, 1.165) is 43.7 Å². The summed E-state index contributed by atoms with van der Waals surface area (Å²) in [5.41, 5.74) is 3.17. The van der Waals surface area contributed by atoms with E-state index in [0.29, 0.717) is 13.2 Å². The van der Waals surface area contributed by atoms with Crippen LogP contribution < -0.4 is 5.32 Å². The second-order valence-corrected chi connectivity index (χ2v) is 4.87. The maximum Gasteiger partial charge on any atom is 0.253 e. The molecule has 1 aromatic rings. The number of amides is 1. The van der Waals surface area contributed by atoms with Crippen LogP contribution in [0.2, 0.25) is 0 Å². The number of benzene rings is 1. The van der Waals surface area contributed by atoms with Gasteiger partial charge in [-0.25, -0.2) is 0 Å². The zero-order valence-electron chi connectivity index (χ0n) is 10.4. The summed E-state index contributed by atoms with van der Waals surface area (Å²) < 4.78 is 5.38. The van der Waals surface area contributed by atoms with E-state index < -0.39 is 0 Å². The Balaban J connectivity index is 1.79. The molecule has 0 aromatic heterocycles. The molecule has 4 heteroatoms. The minimum absolute atomic E-state index is 0.147. The Kier molecular flexibility index (Phi) is 3.30. The van der Waals surface area contributed by atoms with E-state index in [1.165, 1.54) is 5.56 Å². The molecule has 0 saturated carbocycles. The van der Waals surface area contributed by atoms with E-state index in [4.69, 9.17) is 4.74 Å². The summed E-state index contributed by atoms with van der Waals surface area (Å²) in [4.78, 5) is 14.4. The van der Waals surface area contributed by atoms with Crippen LogP contribution in [0.15, 0.2) is 18.2 Å². The maximum atomic E-state index is 12.4. The summed E-state index contributed by atoms with van der Waals surface area (Å²) in [6.07, 6.45) is 1.03. The third kappa shape index (κ3) is 2.26. The van der Waals surface area contributed by atoms with Gasteiger partial charge in [-0.05, 0) is 36.2 Å². The van der Waals surface area contributed by atoms with Gasteiger partial charge >= 0.3 is 0 Å². The average Bonchev–Trinajstić information content (AvgIpc) is 2.69. The number of ether oxygens (including phenoxy) is 1. The Morgan fingerprint density at radius 3 is 3.00 bits per heavy atom. The first-order chi connectivity index (χ1) is 8.84. The highest BCUT2D eigenvalue weighted by atomic mass is 16.5. The number of carbonyl (C=O) groups is 1. The predicted octanol–water partition coefficient (Wildman–Crippen LogP) is 1.15. The number of hydrogen-bond acceptors (Lipinski definition) is 3. The van der Waals surface area contributed by atoms with Crippen molar-refractivity contribution in [3.05, 3.63) is 34.9 Å². The molecule has 0 unspecified atom stereocenters. The molecular weight excluding hydrogens is 228 g/mol. The van der Waals surface area contributed by atoms with Crippen molar-refractivity contribution in [3.8, 4) is 0 Å². The predicted molar refractivity (Wildman–Crippen MR) is 68.3 cm³/mol. The van der Waals surface area contributed by atoms with Gasteiger partial charge in [0, 0.05) is 25.2 Å². The van der Waals surface area contributed by atoms with Crippen molar-refractivity contribution in [1.82, 2.24) is 10.2 Å². The van der Waals surface area contributed by atoms with Crippen LogP contribution in [0.5, 0.6) is 0 Å². The minimum atomic E-state index is 0.147. The quantitative estimate of drug-likeness (QED) is 0.808. The maximum absolute atomic E-state index is 12.4. The van der Waals surface area contributed by atoms with Crippen molar-refractivity contribution in [2.75, 3.05) is 26.2 Å². The van der Waals surface area contributed by atoms with Crippen LogP contribution in [-0.2, 0) is 18.0 Å². The Bertz CT molecular complexity index is 451. The monoisotopic (exact) mass is 246 g/mol. The van der Waals surface area contributed by atoms with E-state index in [2.05, 4.69) is 5.32 Å². The molecule has 2 heterocycles. The molecule has 0 radical (unpaired) electrons. The van der Waals surface area contributed by atoms with Gasteiger partial charge in [0.2, 0.25) is 0 Å². The summed E-state index contributed by atoms with van der Waals surface area (Å²) in [7, 11) is 0. The van der Waals surface area contributed by atoms with Crippen molar-refractivity contribution in [1.29, 1.82) is 0 Å². The third-order valence-corrected chi connectivity index (χ3v) is 3.60. The molecule has 2 aliphatic heterocycles. The molecule has 0 spiro atoms.